The van der Waals surface area contributed by atoms with E-state index in [1.807, 2.05) is 0 Å². The zero-order valence-electron chi connectivity index (χ0n) is 12.7. The molecule has 0 radical (unpaired) electrons. The lowest BCUT2D eigenvalue weighted by atomic mass is 9.87. The van der Waals surface area contributed by atoms with Crippen LogP contribution < -0.4 is 5.32 Å². The van der Waals surface area contributed by atoms with Crippen LogP contribution in [-0.2, 0) is 0 Å². The molecule has 0 bridgehead atoms. The van der Waals surface area contributed by atoms with Gasteiger partial charge in [0.15, 0.2) is 0 Å². The number of benzene rings is 1. The molecular weight excluding hydrogens is 218 g/mol. The van der Waals surface area contributed by atoms with Crippen molar-refractivity contribution >= 4 is 0 Å². The fourth-order valence-electron chi connectivity index (χ4n) is 2.57. The van der Waals surface area contributed by atoms with E-state index in [0.717, 1.165) is 12.5 Å². The van der Waals surface area contributed by atoms with Crippen LogP contribution in [0.2, 0.25) is 0 Å². The molecule has 0 saturated carbocycles. The SMILES string of the molecule is CCCNC(c1ccc(C)c(C)c1)C(CC)CC. The zero-order chi connectivity index (χ0) is 13.5. The molecule has 1 nitrogen and oxygen atoms in total. The molecule has 0 amide bonds. The summed E-state index contributed by atoms with van der Waals surface area (Å²) in [6.45, 7) is 12.3. The highest BCUT2D eigenvalue weighted by Crippen LogP contribution is 2.28. The molecule has 1 heteroatoms. The molecule has 0 aromatic heterocycles. The summed E-state index contributed by atoms with van der Waals surface area (Å²) in [6.07, 6.45) is 3.68. The Morgan fingerprint density at radius 2 is 1.67 bits per heavy atom. The molecule has 0 aliphatic rings. The third kappa shape index (κ3) is 3.84. The molecule has 102 valence electrons. The summed E-state index contributed by atoms with van der Waals surface area (Å²) in [5.74, 6) is 0.735. The second-order valence-corrected chi connectivity index (χ2v) is 5.35. The topological polar surface area (TPSA) is 12.0 Å². The van der Waals surface area contributed by atoms with Gasteiger partial charge in [-0.15, -0.1) is 0 Å². The van der Waals surface area contributed by atoms with Crippen molar-refractivity contribution in [3.63, 3.8) is 0 Å². The standard InChI is InChI=1S/C17H29N/c1-6-11-18-17(15(7-2)8-3)16-10-9-13(4)14(5)12-16/h9-10,12,15,17-18H,6-8,11H2,1-5H3. The summed E-state index contributed by atoms with van der Waals surface area (Å²) in [5, 5.41) is 3.73. The first-order chi connectivity index (χ1) is 8.63. The lowest BCUT2D eigenvalue weighted by Gasteiger charge is -2.27. The van der Waals surface area contributed by atoms with Gasteiger partial charge in [0.1, 0.15) is 0 Å². The quantitative estimate of drug-likeness (QED) is 0.731. The monoisotopic (exact) mass is 247 g/mol. The van der Waals surface area contributed by atoms with Gasteiger partial charge < -0.3 is 5.32 Å². The van der Waals surface area contributed by atoms with Gasteiger partial charge in [0.2, 0.25) is 0 Å². The summed E-state index contributed by atoms with van der Waals surface area (Å²) in [7, 11) is 0. The molecule has 0 saturated heterocycles. The summed E-state index contributed by atoms with van der Waals surface area (Å²) in [4.78, 5) is 0. The number of hydrogen-bond acceptors (Lipinski definition) is 1. The average Bonchev–Trinajstić information content (AvgIpc) is 2.38. The first-order valence-corrected chi connectivity index (χ1v) is 7.44. The highest BCUT2D eigenvalue weighted by Gasteiger charge is 2.19. The van der Waals surface area contributed by atoms with Gasteiger partial charge in [0.25, 0.3) is 0 Å². The van der Waals surface area contributed by atoms with Crippen LogP contribution in [0.5, 0.6) is 0 Å². The van der Waals surface area contributed by atoms with E-state index in [1.54, 1.807) is 0 Å². The summed E-state index contributed by atoms with van der Waals surface area (Å²) in [5.41, 5.74) is 4.25. The van der Waals surface area contributed by atoms with Crippen LogP contribution in [0.25, 0.3) is 0 Å². The van der Waals surface area contributed by atoms with E-state index < -0.39 is 0 Å². The van der Waals surface area contributed by atoms with Crippen molar-refractivity contribution in [2.75, 3.05) is 6.54 Å². The minimum Gasteiger partial charge on any atom is -0.310 e. The van der Waals surface area contributed by atoms with E-state index in [9.17, 15) is 0 Å². The smallest absolute Gasteiger partial charge is 0.0348 e. The van der Waals surface area contributed by atoms with Gasteiger partial charge in [-0.25, -0.2) is 0 Å². The average molecular weight is 247 g/mol. The van der Waals surface area contributed by atoms with Crippen molar-refractivity contribution in [3.8, 4) is 0 Å². The van der Waals surface area contributed by atoms with E-state index in [0.29, 0.717) is 6.04 Å². The van der Waals surface area contributed by atoms with Gasteiger partial charge in [-0.3, -0.25) is 0 Å². The highest BCUT2D eigenvalue weighted by atomic mass is 14.9. The van der Waals surface area contributed by atoms with Crippen LogP contribution in [0, 0.1) is 19.8 Å². The van der Waals surface area contributed by atoms with E-state index in [4.69, 9.17) is 0 Å². The van der Waals surface area contributed by atoms with E-state index in [1.165, 1.54) is 36.0 Å². The Balaban J connectivity index is 2.96. The summed E-state index contributed by atoms with van der Waals surface area (Å²) < 4.78 is 0. The third-order valence-electron chi connectivity index (χ3n) is 4.02. The molecule has 18 heavy (non-hydrogen) atoms. The zero-order valence-corrected chi connectivity index (χ0v) is 12.7. The maximum atomic E-state index is 3.73. The van der Waals surface area contributed by atoms with Crippen molar-refractivity contribution in [1.82, 2.24) is 5.32 Å². The molecule has 1 rings (SSSR count). The highest BCUT2D eigenvalue weighted by molar-refractivity contribution is 5.32. The van der Waals surface area contributed by atoms with Crippen LogP contribution >= 0.6 is 0 Å². The first-order valence-electron chi connectivity index (χ1n) is 7.44. The Labute approximate surface area is 113 Å². The second kappa shape index (κ2) is 7.58. The number of nitrogens with one attached hydrogen (secondary N) is 1. The molecule has 0 heterocycles. The lowest BCUT2D eigenvalue weighted by Crippen LogP contribution is -2.28. The molecule has 1 unspecified atom stereocenters. The lowest BCUT2D eigenvalue weighted by molar-refractivity contribution is 0.341. The van der Waals surface area contributed by atoms with Crippen LogP contribution in [-0.4, -0.2) is 6.54 Å². The minimum atomic E-state index is 0.513. The largest absolute Gasteiger partial charge is 0.310 e. The normalized spacial score (nSPS) is 13.0. The van der Waals surface area contributed by atoms with Gasteiger partial charge in [-0.05, 0) is 49.4 Å². The summed E-state index contributed by atoms with van der Waals surface area (Å²) in [6, 6.07) is 7.43. The van der Waals surface area contributed by atoms with Crippen LogP contribution in [0.15, 0.2) is 18.2 Å². The van der Waals surface area contributed by atoms with Crippen molar-refractivity contribution < 1.29 is 0 Å². The predicted octanol–water partition coefficient (Wildman–Crippen LogP) is 4.78. The van der Waals surface area contributed by atoms with Crippen LogP contribution in [0.4, 0.5) is 0 Å². The van der Waals surface area contributed by atoms with Crippen LogP contribution in [0.1, 0.15) is 62.8 Å². The Morgan fingerprint density at radius 3 is 2.17 bits per heavy atom. The van der Waals surface area contributed by atoms with Crippen molar-refractivity contribution in [3.05, 3.63) is 34.9 Å². The molecule has 0 aliphatic carbocycles. The first kappa shape index (κ1) is 15.2. The van der Waals surface area contributed by atoms with Gasteiger partial charge in [-0.2, -0.15) is 0 Å². The molecule has 0 fully saturated rings. The maximum absolute atomic E-state index is 3.73. The molecule has 1 N–H and O–H groups in total. The Kier molecular flexibility index (Phi) is 6.42. The van der Waals surface area contributed by atoms with E-state index in [2.05, 4.69) is 58.1 Å². The van der Waals surface area contributed by atoms with Gasteiger partial charge in [0, 0.05) is 6.04 Å². The van der Waals surface area contributed by atoms with E-state index in [-0.39, 0.29) is 0 Å². The number of rotatable bonds is 7. The van der Waals surface area contributed by atoms with Crippen molar-refractivity contribution in [2.24, 2.45) is 5.92 Å². The molecule has 1 aromatic carbocycles. The molecule has 0 spiro atoms. The summed E-state index contributed by atoms with van der Waals surface area (Å²) >= 11 is 0. The number of aryl methyl sites for hydroxylation is 2. The molecular formula is C17H29N. The Morgan fingerprint density at radius 1 is 1.00 bits per heavy atom. The maximum Gasteiger partial charge on any atom is 0.0348 e. The minimum absolute atomic E-state index is 0.513. The Hall–Kier alpha value is -0.820. The Bertz CT molecular complexity index is 353. The van der Waals surface area contributed by atoms with Gasteiger partial charge >= 0.3 is 0 Å². The molecule has 1 atom stereocenters. The number of hydrogen-bond donors (Lipinski definition) is 1. The van der Waals surface area contributed by atoms with Crippen molar-refractivity contribution in [2.45, 2.75) is 59.9 Å². The van der Waals surface area contributed by atoms with Crippen LogP contribution in [0.3, 0.4) is 0 Å². The van der Waals surface area contributed by atoms with Crippen molar-refractivity contribution in [1.29, 1.82) is 0 Å². The third-order valence-corrected chi connectivity index (χ3v) is 4.02. The molecule has 1 aromatic rings. The fourth-order valence-corrected chi connectivity index (χ4v) is 2.57. The fraction of sp³-hybridized carbons (Fsp3) is 0.647. The van der Waals surface area contributed by atoms with Gasteiger partial charge in [0.05, 0.1) is 0 Å². The van der Waals surface area contributed by atoms with Gasteiger partial charge in [-0.1, -0.05) is 51.8 Å². The predicted molar refractivity (Wildman–Crippen MR) is 81.0 cm³/mol. The second-order valence-electron chi connectivity index (χ2n) is 5.35. The molecule has 0 aliphatic heterocycles. The van der Waals surface area contributed by atoms with E-state index >= 15 is 0 Å².